The van der Waals surface area contributed by atoms with E-state index in [1.165, 1.54) is 5.56 Å². The maximum Gasteiger partial charge on any atom is 0.336 e. The number of rotatable bonds is 4. The van der Waals surface area contributed by atoms with E-state index in [1.54, 1.807) is 12.1 Å². The molecule has 0 saturated carbocycles. The van der Waals surface area contributed by atoms with Gasteiger partial charge in [-0.1, -0.05) is 42.5 Å². The fraction of sp³-hybridized carbons (Fsp3) is 0.278. The first-order chi connectivity index (χ1) is 10.6. The summed E-state index contributed by atoms with van der Waals surface area (Å²) in [4.78, 5) is 13.5. The third-order valence-corrected chi connectivity index (χ3v) is 4.08. The Bertz CT molecular complexity index is 666. The number of aliphatic hydroxyl groups excluding tert-OH is 1. The number of hydrogen-bond donors (Lipinski definition) is 2. The third-order valence-electron chi connectivity index (χ3n) is 4.08. The molecule has 0 aliphatic carbocycles. The Hall–Kier alpha value is -2.17. The molecule has 0 amide bonds. The van der Waals surface area contributed by atoms with E-state index in [1.807, 2.05) is 36.4 Å². The van der Waals surface area contributed by atoms with Gasteiger partial charge in [0.25, 0.3) is 0 Å². The van der Waals surface area contributed by atoms with Gasteiger partial charge in [0.05, 0.1) is 11.7 Å². The van der Waals surface area contributed by atoms with Gasteiger partial charge in [-0.2, -0.15) is 0 Å². The van der Waals surface area contributed by atoms with Crippen molar-refractivity contribution in [3.63, 3.8) is 0 Å². The van der Waals surface area contributed by atoms with Crippen LogP contribution >= 0.6 is 0 Å². The lowest BCUT2D eigenvalue weighted by atomic mass is 9.99. The van der Waals surface area contributed by atoms with Gasteiger partial charge in [0.15, 0.2) is 0 Å². The van der Waals surface area contributed by atoms with E-state index >= 15 is 0 Å². The van der Waals surface area contributed by atoms with Crippen LogP contribution in [-0.2, 0) is 6.54 Å². The van der Waals surface area contributed by atoms with Crippen LogP contribution in [0.25, 0.3) is 11.1 Å². The number of hydrogen-bond acceptors (Lipinski definition) is 3. The summed E-state index contributed by atoms with van der Waals surface area (Å²) in [6, 6.07) is 15.0. The topological polar surface area (TPSA) is 60.8 Å². The van der Waals surface area contributed by atoms with Crippen LogP contribution in [0.4, 0.5) is 0 Å². The molecule has 1 aliphatic heterocycles. The van der Waals surface area contributed by atoms with Crippen molar-refractivity contribution >= 4 is 5.97 Å². The molecule has 2 aromatic carbocycles. The standard InChI is InChI=1S/C18H19NO3/c20-15-9-10-19(12-15)11-13-5-7-14(8-6-13)16-3-1-2-4-17(16)18(21)22/h1-8,15,20H,9-12H2,(H,21,22)/t15-/m1/s1. The molecular weight excluding hydrogens is 278 g/mol. The molecule has 4 heteroatoms. The number of aromatic carboxylic acids is 1. The monoisotopic (exact) mass is 297 g/mol. The number of carbonyl (C=O) groups is 1. The predicted octanol–water partition coefficient (Wildman–Crippen LogP) is 2.62. The third kappa shape index (κ3) is 3.18. The van der Waals surface area contributed by atoms with Gasteiger partial charge in [-0.05, 0) is 29.2 Å². The van der Waals surface area contributed by atoms with Crippen LogP contribution < -0.4 is 0 Å². The highest BCUT2D eigenvalue weighted by Gasteiger charge is 2.19. The summed E-state index contributed by atoms with van der Waals surface area (Å²) in [7, 11) is 0. The molecule has 114 valence electrons. The first-order valence-corrected chi connectivity index (χ1v) is 7.45. The molecule has 2 N–H and O–H groups in total. The number of aliphatic hydroxyl groups is 1. The van der Waals surface area contributed by atoms with Gasteiger partial charge < -0.3 is 10.2 Å². The Balaban J connectivity index is 1.78. The van der Waals surface area contributed by atoms with Gasteiger partial charge in [0.1, 0.15) is 0 Å². The van der Waals surface area contributed by atoms with Gasteiger partial charge >= 0.3 is 5.97 Å². The number of benzene rings is 2. The Morgan fingerprint density at radius 1 is 1.14 bits per heavy atom. The van der Waals surface area contributed by atoms with Crippen LogP contribution in [0.2, 0.25) is 0 Å². The van der Waals surface area contributed by atoms with E-state index in [0.29, 0.717) is 5.56 Å². The minimum absolute atomic E-state index is 0.207. The SMILES string of the molecule is O=C(O)c1ccccc1-c1ccc(CN2CC[C@@H](O)C2)cc1. The van der Waals surface area contributed by atoms with E-state index in [2.05, 4.69) is 4.90 Å². The van der Waals surface area contributed by atoms with Gasteiger partial charge in [-0.3, -0.25) is 4.90 Å². The molecule has 1 heterocycles. The Labute approximate surface area is 129 Å². The molecule has 2 aromatic rings. The minimum atomic E-state index is -0.911. The van der Waals surface area contributed by atoms with Gasteiger partial charge in [0, 0.05) is 19.6 Å². The van der Waals surface area contributed by atoms with Gasteiger partial charge in [0.2, 0.25) is 0 Å². The van der Waals surface area contributed by atoms with Crippen molar-refractivity contribution in [2.75, 3.05) is 13.1 Å². The van der Waals surface area contributed by atoms with Crippen molar-refractivity contribution in [3.05, 3.63) is 59.7 Å². The zero-order chi connectivity index (χ0) is 15.5. The summed E-state index contributed by atoms with van der Waals surface area (Å²) in [5, 5.41) is 18.8. The van der Waals surface area contributed by atoms with E-state index in [9.17, 15) is 15.0 Å². The van der Waals surface area contributed by atoms with Crippen LogP contribution in [0.5, 0.6) is 0 Å². The molecule has 4 nitrogen and oxygen atoms in total. The molecule has 0 spiro atoms. The quantitative estimate of drug-likeness (QED) is 0.910. The molecule has 1 fully saturated rings. The number of carboxylic acid groups (broad SMARTS) is 1. The number of likely N-dealkylation sites (tertiary alicyclic amines) is 1. The summed E-state index contributed by atoms with van der Waals surface area (Å²) in [5.41, 5.74) is 3.13. The highest BCUT2D eigenvalue weighted by atomic mass is 16.4. The zero-order valence-corrected chi connectivity index (χ0v) is 12.3. The van der Waals surface area contributed by atoms with E-state index in [0.717, 1.165) is 37.2 Å². The first-order valence-electron chi connectivity index (χ1n) is 7.45. The number of β-amino-alcohol motifs (C(OH)–C–C–N with tert-alkyl or cyclic N) is 1. The first kappa shape index (κ1) is 14.8. The van der Waals surface area contributed by atoms with Crippen molar-refractivity contribution < 1.29 is 15.0 Å². The summed E-state index contributed by atoms with van der Waals surface area (Å²) in [6.45, 7) is 2.46. The average Bonchev–Trinajstić information content (AvgIpc) is 2.93. The van der Waals surface area contributed by atoms with Crippen molar-refractivity contribution in [2.45, 2.75) is 19.1 Å². The molecule has 0 unspecified atom stereocenters. The lowest BCUT2D eigenvalue weighted by Crippen LogP contribution is -2.21. The van der Waals surface area contributed by atoms with E-state index in [4.69, 9.17) is 0 Å². The highest BCUT2D eigenvalue weighted by molar-refractivity contribution is 5.95. The lowest BCUT2D eigenvalue weighted by molar-refractivity contribution is 0.0697. The molecule has 3 rings (SSSR count). The summed E-state index contributed by atoms with van der Waals surface area (Å²) in [5.74, 6) is -0.911. The van der Waals surface area contributed by atoms with Gasteiger partial charge in [-0.25, -0.2) is 4.79 Å². The highest BCUT2D eigenvalue weighted by Crippen LogP contribution is 2.24. The summed E-state index contributed by atoms with van der Waals surface area (Å²) in [6.07, 6.45) is 0.631. The molecular formula is C18H19NO3. The Morgan fingerprint density at radius 3 is 2.50 bits per heavy atom. The second-order valence-electron chi connectivity index (χ2n) is 5.73. The molecule has 1 saturated heterocycles. The predicted molar refractivity (Wildman–Crippen MR) is 84.7 cm³/mol. The smallest absolute Gasteiger partial charge is 0.336 e. The molecule has 1 aliphatic rings. The van der Waals surface area contributed by atoms with Crippen LogP contribution in [0.15, 0.2) is 48.5 Å². The van der Waals surface area contributed by atoms with Crippen LogP contribution in [-0.4, -0.2) is 40.3 Å². The second kappa shape index (κ2) is 6.30. The maximum atomic E-state index is 11.3. The van der Waals surface area contributed by atoms with Gasteiger partial charge in [-0.15, -0.1) is 0 Å². The average molecular weight is 297 g/mol. The van der Waals surface area contributed by atoms with E-state index in [-0.39, 0.29) is 6.10 Å². The number of carboxylic acids is 1. The molecule has 1 atom stereocenters. The summed E-state index contributed by atoms with van der Waals surface area (Å²) < 4.78 is 0. The normalized spacial score (nSPS) is 18.5. The van der Waals surface area contributed by atoms with Crippen LogP contribution in [0.1, 0.15) is 22.3 Å². The van der Waals surface area contributed by atoms with Crippen molar-refractivity contribution in [1.82, 2.24) is 4.90 Å². The molecule has 0 aromatic heterocycles. The fourth-order valence-corrected chi connectivity index (χ4v) is 2.93. The van der Waals surface area contributed by atoms with E-state index < -0.39 is 5.97 Å². The zero-order valence-electron chi connectivity index (χ0n) is 12.3. The van der Waals surface area contributed by atoms with Crippen LogP contribution in [0.3, 0.4) is 0 Å². The fourth-order valence-electron chi connectivity index (χ4n) is 2.93. The van der Waals surface area contributed by atoms with Crippen molar-refractivity contribution in [2.24, 2.45) is 0 Å². The largest absolute Gasteiger partial charge is 0.478 e. The Morgan fingerprint density at radius 2 is 1.86 bits per heavy atom. The number of nitrogens with zero attached hydrogens (tertiary/aromatic N) is 1. The molecule has 22 heavy (non-hydrogen) atoms. The lowest BCUT2D eigenvalue weighted by Gasteiger charge is -2.15. The Kier molecular flexibility index (Phi) is 4.22. The van der Waals surface area contributed by atoms with Crippen molar-refractivity contribution in [3.8, 4) is 11.1 Å². The maximum absolute atomic E-state index is 11.3. The summed E-state index contributed by atoms with van der Waals surface area (Å²) >= 11 is 0. The second-order valence-corrected chi connectivity index (χ2v) is 5.73. The molecule has 0 bridgehead atoms. The molecule has 0 radical (unpaired) electrons. The minimum Gasteiger partial charge on any atom is -0.478 e. The van der Waals surface area contributed by atoms with Crippen molar-refractivity contribution in [1.29, 1.82) is 0 Å². The van der Waals surface area contributed by atoms with Crippen LogP contribution in [0, 0.1) is 0 Å².